The zero-order valence-electron chi connectivity index (χ0n) is 12.2. The van der Waals surface area contributed by atoms with Crippen LogP contribution in [0.4, 0.5) is 0 Å². The highest BCUT2D eigenvalue weighted by Gasteiger charge is 2.19. The Hall–Kier alpha value is -2.02. The van der Waals surface area contributed by atoms with Gasteiger partial charge in [0.05, 0.1) is 0 Å². The minimum Gasteiger partial charge on any atom is -0.338 e. The molecule has 1 aliphatic rings. The number of hydrogen-bond acceptors (Lipinski definition) is 1. The molecule has 0 aliphatic carbocycles. The zero-order valence-corrected chi connectivity index (χ0v) is 12.2. The van der Waals surface area contributed by atoms with Gasteiger partial charge in [0.1, 0.15) is 0 Å². The molecule has 0 saturated heterocycles. The van der Waals surface area contributed by atoms with Crippen molar-refractivity contribution in [3.8, 4) is 0 Å². The van der Waals surface area contributed by atoms with Crippen molar-refractivity contribution in [3.63, 3.8) is 0 Å². The largest absolute Gasteiger partial charge is 0.338 e. The van der Waals surface area contributed by atoms with Gasteiger partial charge in [0.25, 0.3) is 0 Å². The quantitative estimate of drug-likeness (QED) is 0.608. The van der Waals surface area contributed by atoms with E-state index < -0.39 is 0 Å². The van der Waals surface area contributed by atoms with Crippen molar-refractivity contribution in [1.29, 1.82) is 0 Å². The Kier molecular flexibility index (Phi) is 5.87. The Bertz CT molecular complexity index is 496. The second-order valence-electron chi connectivity index (χ2n) is 4.49. The minimum atomic E-state index is 0.953. The number of nitrogens with zero attached hydrogens (tertiary/aromatic N) is 1. The molecule has 1 aliphatic heterocycles. The first kappa shape index (κ1) is 15.0. The summed E-state index contributed by atoms with van der Waals surface area (Å²) in [5.74, 6) is 0. The van der Waals surface area contributed by atoms with Crippen LogP contribution in [0.5, 0.6) is 0 Å². The van der Waals surface area contributed by atoms with Gasteiger partial charge in [-0.2, -0.15) is 0 Å². The SMILES string of the molecule is C=C/C=C(\C=C/C)N1CC=C1/C(C)=C/C=C(\C)C=C. The average Bonchev–Trinajstić information content (AvgIpc) is 2.35. The molecule has 0 radical (unpaired) electrons. The molecule has 0 spiro atoms. The Morgan fingerprint density at radius 1 is 1.21 bits per heavy atom. The fraction of sp³-hybridized carbons (Fsp3) is 0.222. The summed E-state index contributed by atoms with van der Waals surface area (Å²) in [6, 6.07) is 0. The lowest BCUT2D eigenvalue weighted by atomic mass is 10.0. The van der Waals surface area contributed by atoms with E-state index in [1.54, 1.807) is 0 Å². The Morgan fingerprint density at radius 2 is 1.95 bits per heavy atom. The molecular formula is C18H23N. The van der Waals surface area contributed by atoms with Gasteiger partial charge in [-0.05, 0) is 44.6 Å². The second-order valence-corrected chi connectivity index (χ2v) is 4.49. The van der Waals surface area contributed by atoms with E-state index in [9.17, 15) is 0 Å². The van der Waals surface area contributed by atoms with Crippen LogP contribution in [0.3, 0.4) is 0 Å². The van der Waals surface area contributed by atoms with Crippen molar-refractivity contribution >= 4 is 0 Å². The van der Waals surface area contributed by atoms with Gasteiger partial charge in [0.15, 0.2) is 0 Å². The number of hydrogen-bond donors (Lipinski definition) is 0. The average molecular weight is 253 g/mol. The van der Waals surface area contributed by atoms with E-state index >= 15 is 0 Å². The molecule has 1 rings (SSSR count). The molecule has 0 aromatic carbocycles. The van der Waals surface area contributed by atoms with Crippen LogP contribution in [0.15, 0.2) is 84.3 Å². The molecule has 0 atom stereocenters. The lowest BCUT2D eigenvalue weighted by molar-refractivity contribution is 0.440. The van der Waals surface area contributed by atoms with Crippen LogP contribution in [0.1, 0.15) is 20.8 Å². The van der Waals surface area contributed by atoms with Crippen molar-refractivity contribution in [1.82, 2.24) is 4.90 Å². The smallest absolute Gasteiger partial charge is 0.0435 e. The molecule has 1 nitrogen and oxygen atoms in total. The third kappa shape index (κ3) is 3.99. The molecule has 100 valence electrons. The summed E-state index contributed by atoms with van der Waals surface area (Å²) in [7, 11) is 0. The van der Waals surface area contributed by atoms with Gasteiger partial charge >= 0.3 is 0 Å². The van der Waals surface area contributed by atoms with Crippen LogP contribution < -0.4 is 0 Å². The van der Waals surface area contributed by atoms with Gasteiger partial charge in [-0.3, -0.25) is 0 Å². The first-order valence-electron chi connectivity index (χ1n) is 6.55. The summed E-state index contributed by atoms with van der Waals surface area (Å²) in [6.45, 7) is 14.7. The molecule has 19 heavy (non-hydrogen) atoms. The van der Waals surface area contributed by atoms with Crippen LogP contribution in [-0.2, 0) is 0 Å². The first-order valence-corrected chi connectivity index (χ1v) is 6.55. The summed E-state index contributed by atoms with van der Waals surface area (Å²) in [4.78, 5) is 2.28. The van der Waals surface area contributed by atoms with Gasteiger partial charge in [-0.1, -0.05) is 49.1 Å². The summed E-state index contributed by atoms with van der Waals surface area (Å²) in [5.41, 5.74) is 4.86. The Morgan fingerprint density at radius 3 is 2.42 bits per heavy atom. The molecule has 1 heterocycles. The van der Waals surface area contributed by atoms with Gasteiger partial charge < -0.3 is 4.90 Å². The maximum Gasteiger partial charge on any atom is 0.0435 e. The molecule has 1 heteroatoms. The highest BCUT2D eigenvalue weighted by Crippen LogP contribution is 2.28. The molecule has 0 unspecified atom stereocenters. The summed E-state index contributed by atoms with van der Waals surface area (Å²) in [6.07, 6.45) is 16.3. The maximum absolute atomic E-state index is 3.77. The normalized spacial score (nSPS) is 17.3. The van der Waals surface area contributed by atoms with Crippen molar-refractivity contribution < 1.29 is 0 Å². The van der Waals surface area contributed by atoms with E-state index in [1.165, 1.54) is 22.5 Å². The highest BCUT2D eigenvalue weighted by atomic mass is 15.2. The van der Waals surface area contributed by atoms with E-state index in [4.69, 9.17) is 0 Å². The zero-order chi connectivity index (χ0) is 14.3. The van der Waals surface area contributed by atoms with E-state index in [0.29, 0.717) is 0 Å². The topological polar surface area (TPSA) is 3.24 Å². The summed E-state index contributed by atoms with van der Waals surface area (Å²) in [5, 5.41) is 0. The van der Waals surface area contributed by atoms with E-state index in [0.717, 1.165) is 6.54 Å². The van der Waals surface area contributed by atoms with E-state index in [2.05, 4.69) is 49.3 Å². The van der Waals surface area contributed by atoms with Crippen molar-refractivity contribution in [2.45, 2.75) is 20.8 Å². The van der Waals surface area contributed by atoms with Gasteiger partial charge in [-0.15, -0.1) is 0 Å². The third-order valence-corrected chi connectivity index (χ3v) is 3.02. The highest BCUT2D eigenvalue weighted by molar-refractivity contribution is 5.43. The Labute approximate surface area is 117 Å². The molecule has 0 aromatic heterocycles. The summed E-state index contributed by atoms with van der Waals surface area (Å²) < 4.78 is 0. The predicted octanol–water partition coefficient (Wildman–Crippen LogP) is 4.91. The molecule has 0 aromatic rings. The van der Waals surface area contributed by atoms with Crippen molar-refractivity contribution in [2.24, 2.45) is 0 Å². The lowest BCUT2D eigenvalue weighted by Crippen LogP contribution is -2.30. The first-order chi connectivity index (χ1) is 9.13. The van der Waals surface area contributed by atoms with Gasteiger partial charge in [0.2, 0.25) is 0 Å². The fourth-order valence-corrected chi connectivity index (χ4v) is 1.83. The lowest BCUT2D eigenvalue weighted by Gasteiger charge is -2.35. The third-order valence-electron chi connectivity index (χ3n) is 3.02. The van der Waals surface area contributed by atoms with Crippen LogP contribution >= 0.6 is 0 Å². The van der Waals surface area contributed by atoms with Crippen molar-refractivity contribution in [2.75, 3.05) is 6.54 Å². The van der Waals surface area contributed by atoms with Crippen LogP contribution in [0.25, 0.3) is 0 Å². The Balaban J connectivity index is 2.90. The molecular weight excluding hydrogens is 230 g/mol. The van der Waals surface area contributed by atoms with Crippen LogP contribution in [0.2, 0.25) is 0 Å². The minimum absolute atomic E-state index is 0.953. The second kappa shape index (κ2) is 7.42. The van der Waals surface area contributed by atoms with Gasteiger partial charge in [-0.25, -0.2) is 0 Å². The van der Waals surface area contributed by atoms with Gasteiger partial charge in [0, 0.05) is 17.9 Å². The number of allylic oxidation sites excluding steroid dienone is 9. The molecule has 0 bridgehead atoms. The predicted molar refractivity (Wildman–Crippen MR) is 85.6 cm³/mol. The standard InChI is InChI=1S/C18H23N/c1-6-9-17(10-7-2)19-14-13-18(19)16(5)12-11-15(4)8-3/h6-13H,1,3,14H2,2,4-5H3/b10-7-,15-11+,16-12+,17-9+. The fourth-order valence-electron chi connectivity index (χ4n) is 1.83. The molecule has 0 N–H and O–H groups in total. The number of rotatable bonds is 6. The summed E-state index contributed by atoms with van der Waals surface area (Å²) >= 11 is 0. The van der Waals surface area contributed by atoms with Crippen LogP contribution in [-0.4, -0.2) is 11.4 Å². The van der Waals surface area contributed by atoms with Crippen molar-refractivity contribution in [3.05, 3.63) is 84.3 Å². The molecule has 0 saturated carbocycles. The van der Waals surface area contributed by atoms with E-state index in [-0.39, 0.29) is 0 Å². The monoisotopic (exact) mass is 253 g/mol. The van der Waals surface area contributed by atoms with E-state index in [1.807, 2.05) is 38.2 Å². The maximum atomic E-state index is 3.77. The van der Waals surface area contributed by atoms with Crippen LogP contribution in [0, 0.1) is 0 Å². The molecule has 0 fully saturated rings. The molecule has 0 amide bonds.